The van der Waals surface area contributed by atoms with E-state index in [1.165, 1.54) is 0 Å². The van der Waals surface area contributed by atoms with Crippen molar-refractivity contribution >= 4 is 76.3 Å². The summed E-state index contributed by atoms with van der Waals surface area (Å²) in [4.78, 5) is 19.2. The molecule has 6 aromatic carbocycles. The smallest absolute Gasteiger partial charge is 0.195 e. The normalized spacial score (nSPS) is 12.9. The van der Waals surface area contributed by atoms with Gasteiger partial charge in [-0.2, -0.15) is 0 Å². The minimum Gasteiger partial charge on any atom is -0.453 e. The van der Waals surface area contributed by atoms with Crippen LogP contribution in [0.25, 0.3) is 30.6 Å². The minimum atomic E-state index is 0.0653. The predicted molar refractivity (Wildman–Crippen MR) is 198 cm³/mol. The first-order valence-corrected chi connectivity index (χ1v) is 17.3. The Hall–Kier alpha value is -5.89. The number of ether oxygens (including phenoxy) is 2. The zero-order valence-electron chi connectivity index (χ0n) is 25.3. The van der Waals surface area contributed by atoms with Crippen LogP contribution in [0.3, 0.4) is 0 Å². The highest BCUT2D eigenvalue weighted by Gasteiger charge is 2.32. The van der Waals surface area contributed by atoms with Crippen LogP contribution in [0.4, 0.5) is 33.4 Å². The number of anilines is 6. The molecule has 0 amide bonds. The molecule has 0 N–H and O–H groups in total. The van der Waals surface area contributed by atoms with Crippen LogP contribution in [0.15, 0.2) is 150 Å². The number of thiophene rings is 1. The van der Waals surface area contributed by atoms with Gasteiger partial charge in [0.1, 0.15) is 5.00 Å². The van der Waals surface area contributed by atoms with Crippen molar-refractivity contribution in [3.63, 3.8) is 0 Å². The number of hydrogen-bond acceptors (Lipinski definition) is 7. The summed E-state index contributed by atoms with van der Waals surface area (Å²) in [6, 6.07) is 49.0. The average Bonchev–Trinajstić information content (AvgIpc) is 3.57. The lowest BCUT2D eigenvalue weighted by molar-refractivity contribution is 0.477. The van der Waals surface area contributed by atoms with E-state index in [9.17, 15) is 4.79 Å². The monoisotopic (exact) mass is 656 g/mol. The first-order valence-electron chi connectivity index (χ1n) is 15.6. The van der Waals surface area contributed by atoms with Crippen molar-refractivity contribution in [3.8, 4) is 33.4 Å². The van der Waals surface area contributed by atoms with E-state index < -0.39 is 0 Å². The molecule has 0 bridgehead atoms. The molecule has 8 aromatic rings. The van der Waals surface area contributed by atoms with Gasteiger partial charge in [0.15, 0.2) is 28.4 Å². The number of nitrogens with zero attached hydrogens (tertiary/aromatic N) is 2. The molecule has 2 aliphatic heterocycles. The highest BCUT2D eigenvalue weighted by molar-refractivity contribution is 7.24. The average molecular weight is 657 g/mol. The number of para-hydroxylation sites is 8. The second-order valence-corrected chi connectivity index (χ2v) is 13.8. The van der Waals surface area contributed by atoms with Crippen LogP contribution in [0.5, 0.6) is 23.0 Å². The van der Waals surface area contributed by atoms with Crippen molar-refractivity contribution in [2.45, 2.75) is 0 Å². The van der Waals surface area contributed by atoms with Crippen LogP contribution in [-0.4, -0.2) is 0 Å². The Morgan fingerprint density at radius 2 is 0.938 bits per heavy atom. The molecule has 0 aliphatic carbocycles. The lowest BCUT2D eigenvalue weighted by Gasteiger charge is -2.33. The summed E-state index contributed by atoms with van der Waals surface area (Å²) >= 11 is 3.37. The lowest BCUT2D eigenvalue weighted by atomic mass is 10.1. The third-order valence-corrected chi connectivity index (χ3v) is 11.2. The van der Waals surface area contributed by atoms with Gasteiger partial charge in [-0.1, -0.05) is 66.7 Å². The summed E-state index contributed by atoms with van der Waals surface area (Å²) in [6.07, 6.45) is 0. The van der Waals surface area contributed by atoms with Crippen LogP contribution in [0, 0.1) is 0 Å². The molecule has 0 saturated carbocycles. The van der Waals surface area contributed by atoms with Gasteiger partial charge in [0.2, 0.25) is 0 Å². The largest absolute Gasteiger partial charge is 0.453 e. The quantitative estimate of drug-likeness (QED) is 0.177. The van der Waals surface area contributed by atoms with Crippen LogP contribution in [0.2, 0.25) is 0 Å². The summed E-state index contributed by atoms with van der Waals surface area (Å²) in [7, 11) is 0. The Balaban J connectivity index is 1.25. The van der Waals surface area contributed by atoms with E-state index >= 15 is 0 Å². The third kappa shape index (κ3) is 4.11. The third-order valence-electron chi connectivity index (χ3n) is 8.87. The van der Waals surface area contributed by atoms with Gasteiger partial charge in [0.25, 0.3) is 0 Å². The second kappa shape index (κ2) is 10.6. The Labute approximate surface area is 283 Å². The van der Waals surface area contributed by atoms with Gasteiger partial charge in [-0.3, -0.25) is 9.69 Å². The Bertz CT molecular complexity index is 2550. The maximum atomic E-state index is 13.5. The van der Waals surface area contributed by atoms with Crippen LogP contribution < -0.4 is 24.7 Å². The summed E-state index contributed by atoms with van der Waals surface area (Å²) in [5.74, 6) is 3.19. The molecule has 0 atom stereocenters. The molecule has 0 radical (unpaired) electrons. The molecule has 228 valence electrons. The molecular weight excluding hydrogens is 633 g/mol. The highest BCUT2D eigenvalue weighted by Crippen LogP contribution is 2.58. The fourth-order valence-corrected chi connectivity index (χ4v) is 8.98. The molecule has 2 aliphatic rings. The molecule has 0 spiro atoms. The standard InChI is InChI=1S/C41H24N2O3S2/c44-40-26-11-1-10-20-37(26)47-38-23-25(21-22-27(38)40)41-32(42-28-12-2-6-16-33(28)45-34-17-7-3-13-29(34)42)24-39(48-41)43-30-14-4-8-18-35(30)46-36-19-9-5-15-31(36)43/h1-24H. The number of benzene rings is 6. The Kier molecular flexibility index (Phi) is 6.00. The number of rotatable bonds is 3. The van der Waals surface area contributed by atoms with E-state index in [4.69, 9.17) is 9.47 Å². The molecule has 5 nitrogen and oxygen atoms in total. The van der Waals surface area contributed by atoms with E-state index in [0.717, 1.165) is 87.0 Å². The topological polar surface area (TPSA) is 42.0 Å². The van der Waals surface area contributed by atoms with Gasteiger partial charge in [0, 0.05) is 20.2 Å². The fraction of sp³-hybridized carbons (Fsp3) is 0. The predicted octanol–water partition coefficient (Wildman–Crippen LogP) is 12.3. The zero-order valence-corrected chi connectivity index (χ0v) is 26.9. The van der Waals surface area contributed by atoms with Gasteiger partial charge < -0.3 is 14.4 Å². The summed E-state index contributed by atoms with van der Waals surface area (Å²) in [6.45, 7) is 0. The maximum Gasteiger partial charge on any atom is 0.195 e. The molecule has 0 unspecified atom stereocenters. The minimum absolute atomic E-state index is 0.0653. The summed E-state index contributed by atoms with van der Waals surface area (Å²) in [5.41, 5.74) is 5.99. The summed E-state index contributed by atoms with van der Waals surface area (Å²) < 4.78 is 14.7. The van der Waals surface area contributed by atoms with Gasteiger partial charge >= 0.3 is 0 Å². The van der Waals surface area contributed by atoms with Crippen molar-refractivity contribution in [3.05, 3.63) is 156 Å². The van der Waals surface area contributed by atoms with E-state index in [-0.39, 0.29) is 5.43 Å². The molecule has 48 heavy (non-hydrogen) atoms. The van der Waals surface area contributed by atoms with Crippen molar-refractivity contribution < 1.29 is 9.47 Å². The Morgan fingerprint density at radius 3 is 1.54 bits per heavy atom. The van der Waals surface area contributed by atoms with Crippen molar-refractivity contribution in [2.75, 3.05) is 9.80 Å². The molecule has 0 fully saturated rings. The van der Waals surface area contributed by atoms with E-state index in [2.05, 4.69) is 52.3 Å². The van der Waals surface area contributed by atoms with Gasteiger partial charge in [0.05, 0.1) is 33.3 Å². The highest BCUT2D eigenvalue weighted by atomic mass is 32.1. The van der Waals surface area contributed by atoms with Crippen molar-refractivity contribution in [1.82, 2.24) is 0 Å². The van der Waals surface area contributed by atoms with Crippen LogP contribution >= 0.6 is 22.7 Å². The maximum absolute atomic E-state index is 13.5. The number of hydrogen-bond donors (Lipinski definition) is 0. The molecule has 10 rings (SSSR count). The van der Waals surface area contributed by atoms with Gasteiger partial charge in [-0.05, 0) is 84.4 Å². The Morgan fingerprint density at radius 1 is 0.438 bits per heavy atom. The van der Waals surface area contributed by atoms with Crippen molar-refractivity contribution in [1.29, 1.82) is 0 Å². The van der Waals surface area contributed by atoms with Gasteiger partial charge in [-0.25, -0.2) is 0 Å². The molecule has 0 saturated heterocycles. The van der Waals surface area contributed by atoms with Crippen molar-refractivity contribution in [2.24, 2.45) is 0 Å². The second-order valence-electron chi connectivity index (χ2n) is 11.7. The molecular formula is C41H24N2O3S2. The first-order chi connectivity index (χ1) is 23.7. The number of fused-ring (bicyclic) bond motifs is 6. The first kappa shape index (κ1) is 27.2. The lowest BCUT2D eigenvalue weighted by Crippen LogP contribution is -2.16. The van der Waals surface area contributed by atoms with E-state index in [0.29, 0.717) is 0 Å². The fourth-order valence-electron chi connectivity index (χ4n) is 6.70. The zero-order chi connectivity index (χ0) is 31.8. The molecule has 7 heteroatoms. The SMILES string of the molecule is O=c1c2ccccc2sc2cc(-c3sc(N4c5ccccc5Oc5ccccc54)cc3N3c4ccccc4Oc4ccccc43)ccc12. The van der Waals surface area contributed by atoms with Crippen LogP contribution in [-0.2, 0) is 0 Å². The van der Waals surface area contributed by atoms with Gasteiger partial charge in [-0.15, -0.1) is 22.7 Å². The summed E-state index contributed by atoms with van der Waals surface area (Å²) in [5, 5.41) is 2.53. The van der Waals surface area contributed by atoms with Crippen LogP contribution in [0.1, 0.15) is 0 Å². The van der Waals surface area contributed by atoms with E-state index in [1.807, 2.05) is 103 Å². The molecule has 4 heterocycles. The molecule has 2 aromatic heterocycles. The van der Waals surface area contributed by atoms with E-state index in [1.54, 1.807) is 22.7 Å².